The number of rotatable bonds is 5. The molecule has 0 unspecified atom stereocenters. The van der Waals surface area contributed by atoms with Crippen LogP contribution < -0.4 is 0 Å². The van der Waals surface area contributed by atoms with E-state index < -0.39 is 5.79 Å². The topological polar surface area (TPSA) is 67.8 Å². The number of aliphatic imine (C=N–C) groups is 1. The number of nitriles is 1. The van der Waals surface area contributed by atoms with E-state index in [4.69, 9.17) is 13.9 Å². The fraction of sp³-hybridized carbons (Fsp3) is 0.0968. The van der Waals surface area contributed by atoms with Gasteiger partial charge in [-0.25, -0.2) is 4.99 Å². The van der Waals surface area contributed by atoms with Crippen LogP contribution in [0.15, 0.2) is 118 Å². The fourth-order valence-electron chi connectivity index (χ4n) is 4.05. The van der Waals surface area contributed by atoms with Crippen LogP contribution in [0.2, 0.25) is 0 Å². The molecule has 0 N–H and O–H groups in total. The van der Waals surface area contributed by atoms with Gasteiger partial charge in [-0.05, 0) is 11.6 Å². The molecule has 5 rings (SSSR count). The van der Waals surface area contributed by atoms with Crippen molar-refractivity contribution in [2.45, 2.75) is 19.6 Å². The molecule has 0 saturated heterocycles. The quantitative estimate of drug-likeness (QED) is 0.277. The summed E-state index contributed by atoms with van der Waals surface area (Å²) in [5.41, 5.74) is 3.82. The maximum Gasteiger partial charge on any atom is 0.245 e. The third kappa shape index (κ3) is 4.84. The van der Waals surface area contributed by atoms with E-state index in [0.717, 1.165) is 22.3 Å². The number of hydrogen-bond acceptors (Lipinski definition) is 5. The normalized spacial score (nSPS) is 15.7. The first-order valence-electron chi connectivity index (χ1n) is 11.6. The number of ether oxygens (including phenoxy) is 2. The highest BCUT2D eigenvalue weighted by molar-refractivity contribution is 5.89. The Hall–Kier alpha value is -4.82. The Bertz CT molecular complexity index is 1490. The molecule has 0 aliphatic carbocycles. The van der Waals surface area contributed by atoms with Crippen LogP contribution in [0, 0.1) is 11.3 Å². The first-order chi connectivity index (χ1) is 17.5. The summed E-state index contributed by atoms with van der Waals surface area (Å²) in [6.07, 6.45) is 5.14. The number of furan rings is 1. The molecule has 0 saturated carbocycles. The van der Waals surface area contributed by atoms with Gasteiger partial charge >= 0.3 is 0 Å². The monoisotopic (exact) mass is 472 g/mol. The molecule has 1 aliphatic rings. The van der Waals surface area contributed by atoms with E-state index in [1.165, 1.54) is 0 Å². The van der Waals surface area contributed by atoms with Crippen molar-refractivity contribution in [2.75, 3.05) is 0 Å². The maximum absolute atomic E-state index is 10.0. The van der Waals surface area contributed by atoms with Gasteiger partial charge in [0.1, 0.15) is 28.9 Å². The molecule has 4 aromatic rings. The predicted molar refractivity (Wildman–Crippen MR) is 141 cm³/mol. The molecule has 176 valence electrons. The Balaban J connectivity index is 1.55. The molecule has 5 heteroatoms. The van der Waals surface area contributed by atoms with Gasteiger partial charge in [-0.1, -0.05) is 91.0 Å². The first kappa shape index (κ1) is 22.9. The second-order valence-corrected chi connectivity index (χ2v) is 8.66. The number of hydrogen-bond donors (Lipinski definition) is 0. The van der Waals surface area contributed by atoms with Gasteiger partial charge in [-0.15, -0.1) is 0 Å². The lowest BCUT2D eigenvalue weighted by Crippen LogP contribution is -2.30. The van der Waals surface area contributed by atoms with Gasteiger partial charge in [0.05, 0.1) is 0 Å². The molecule has 3 aromatic carbocycles. The average molecular weight is 473 g/mol. The van der Waals surface area contributed by atoms with E-state index in [1.807, 2.05) is 111 Å². The smallest absolute Gasteiger partial charge is 0.245 e. The van der Waals surface area contributed by atoms with Crippen molar-refractivity contribution in [2.24, 2.45) is 4.99 Å². The lowest BCUT2D eigenvalue weighted by Gasteiger charge is -2.33. The van der Waals surface area contributed by atoms with Gasteiger partial charge in [-0.3, -0.25) is 0 Å². The van der Waals surface area contributed by atoms with Crippen molar-refractivity contribution in [3.8, 4) is 28.5 Å². The largest absolute Gasteiger partial charge is 0.453 e. The van der Waals surface area contributed by atoms with Gasteiger partial charge in [0, 0.05) is 42.8 Å². The lowest BCUT2D eigenvalue weighted by molar-refractivity contribution is -0.149. The molecule has 0 bridgehead atoms. The molecule has 0 spiro atoms. The van der Waals surface area contributed by atoms with Gasteiger partial charge in [0.25, 0.3) is 0 Å². The summed E-state index contributed by atoms with van der Waals surface area (Å²) >= 11 is 0. The Morgan fingerprint density at radius 2 is 1.36 bits per heavy atom. The van der Waals surface area contributed by atoms with Crippen molar-refractivity contribution in [1.29, 1.82) is 5.26 Å². The summed E-state index contributed by atoms with van der Waals surface area (Å²) in [6, 6.07) is 31.6. The summed E-state index contributed by atoms with van der Waals surface area (Å²) in [7, 11) is 0. The molecule has 5 nitrogen and oxygen atoms in total. The minimum Gasteiger partial charge on any atom is -0.453 e. The summed E-state index contributed by atoms with van der Waals surface area (Å²) in [6.45, 7) is 3.71. The molecule has 2 heterocycles. The van der Waals surface area contributed by atoms with E-state index in [2.05, 4.69) is 11.1 Å². The molecule has 1 aromatic heterocycles. The highest BCUT2D eigenvalue weighted by atomic mass is 16.7. The summed E-state index contributed by atoms with van der Waals surface area (Å²) in [5.74, 6) is 1.30. The number of allylic oxidation sites excluding steroid dienone is 2. The van der Waals surface area contributed by atoms with Crippen LogP contribution in [0.25, 0.3) is 28.2 Å². The standard InChI is InChI=1S/C31H24N2O3/c1-31(2)35-25(20-27(36-31)22-12-6-3-7-13-22)18-19-33-30-26(21-32)28(23-14-8-4-9-15-23)29(34-30)24-16-10-5-11-17-24/h3-20H,1-2H3/b25-18-,33-19?. The van der Waals surface area contributed by atoms with Gasteiger partial charge in [-0.2, -0.15) is 5.26 Å². The lowest BCUT2D eigenvalue weighted by atomic mass is 9.98. The van der Waals surface area contributed by atoms with Crippen LogP contribution >= 0.6 is 0 Å². The highest BCUT2D eigenvalue weighted by Gasteiger charge is 2.28. The van der Waals surface area contributed by atoms with E-state index >= 15 is 0 Å². The van der Waals surface area contributed by atoms with E-state index in [0.29, 0.717) is 22.8 Å². The van der Waals surface area contributed by atoms with Crippen molar-refractivity contribution >= 4 is 17.9 Å². The third-order valence-corrected chi connectivity index (χ3v) is 5.58. The van der Waals surface area contributed by atoms with Crippen LogP contribution in [-0.4, -0.2) is 12.0 Å². The van der Waals surface area contributed by atoms with Crippen LogP contribution in [0.4, 0.5) is 5.88 Å². The average Bonchev–Trinajstić information content (AvgIpc) is 3.28. The predicted octanol–water partition coefficient (Wildman–Crippen LogP) is 7.90. The zero-order valence-electron chi connectivity index (χ0n) is 20.0. The summed E-state index contributed by atoms with van der Waals surface area (Å²) < 4.78 is 18.1. The number of nitrogens with zero attached hydrogens (tertiary/aromatic N) is 2. The van der Waals surface area contributed by atoms with E-state index in [1.54, 1.807) is 12.3 Å². The molecule has 0 fully saturated rings. The fourth-order valence-corrected chi connectivity index (χ4v) is 4.05. The third-order valence-electron chi connectivity index (χ3n) is 5.58. The Labute approximate surface area is 210 Å². The molecule has 1 aliphatic heterocycles. The van der Waals surface area contributed by atoms with Crippen LogP contribution in [0.1, 0.15) is 25.0 Å². The van der Waals surface area contributed by atoms with Crippen LogP contribution in [0.3, 0.4) is 0 Å². The van der Waals surface area contributed by atoms with Crippen LogP contribution in [0.5, 0.6) is 0 Å². The minimum absolute atomic E-state index is 0.241. The highest BCUT2D eigenvalue weighted by Crippen LogP contribution is 2.42. The Morgan fingerprint density at radius 1 is 0.778 bits per heavy atom. The van der Waals surface area contributed by atoms with Gasteiger partial charge in [0.15, 0.2) is 0 Å². The van der Waals surface area contributed by atoms with Crippen molar-refractivity contribution in [1.82, 2.24) is 0 Å². The molecule has 0 amide bonds. The van der Waals surface area contributed by atoms with Crippen molar-refractivity contribution in [3.05, 3.63) is 120 Å². The molecular formula is C31H24N2O3. The van der Waals surface area contributed by atoms with Gasteiger partial charge < -0.3 is 13.9 Å². The second kappa shape index (κ2) is 9.81. The summed E-state index contributed by atoms with van der Waals surface area (Å²) in [4.78, 5) is 4.51. The zero-order valence-corrected chi connectivity index (χ0v) is 20.0. The SMILES string of the molecule is CC1(C)OC(c2ccccc2)=C/C(=C/C=Nc2oc(-c3ccccc3)c(-c3ccccc3)c2C#N)O1. The molecule has 36 heavy (non-hydrogen) atoms. The van der Waals surface area contributed by atoms with Crippen molar-refractivity contribution in [3.63, 3.8) is 0 Å². The van der Waals surface area contributed by atoms with Crippen molar-refractivity contribution < 1.29 is 13.9 Å². The summed E-state index contributed by atoms with van der Waals surface area (Å²) in [5, 5.41) is 10.0. The minimum atomic E-state index is -0.844. The second-order valence-electron chi connectivity index (χ2n) is 8.66. The number of benzene rings is 3. The molecule has 0 atom stereocenters. The Kier molecular flexibility index (Phi) is 6.25. The van der Waals surface area contributed by atoms with E-state index in [9.17, 15) is 5.26 Å². The molecular weight excluding hydrogens is 448 g/mol. The zero-order chi connectivity index (χ0) is 25.0. The van der Waals surface area contributed by atoms with Crippen LogP contribution in [-0.2, 0) is 9.47 Å². The molecule has 0 radical (unpaired) electrons. The first-order valence-corrected chi connectivity index (χ1v) is 11.6. The Morgan fingerprint density at radius 3 is 1.97 bits per heavy atom. The maximum atomic E-state index is 10.0. The van der Waals surface area contributed by atoms with E-state index in [-0.39, 0.29) is 5.88 Å². The van der Waals surface area contributed by atoms with Gasteiger partial charge in [0.2, 0.25) is 11.7 Å².